The summed E-state index contributed by atoms with van der Waals surface area (Å²) in [6.45, 7) is 4.77. The van der Waals surface area contributed by atoms with Gasteiger partial charge in [-0.3, -0.25) is 0 Å². The molecule has 0 fully saturated rings. The fraction of sp³-hybridized carbons (Fsp3) is 0.0545. The summed E-state index contributed by atoms with van der Waals surface area (Å²) in [5.41, 5.74) is 13.0. The van der Waals surface area contributed by atoms with Gasteiger partial charge in [-0.1, -0.05) is 153 Å². The summed E-state index contributed by atoms with van der Waals surface area (Å²) >= 11 is 1.90. The van der Waals surface area contributed by atoms with E-state index in [1.54, 1.807) is 0 Å². The van der Waals surface area contributed by atoms with Crippen LogP contribution in [0.5, 0.6) is 0 Å². The molecule has 1 heteroatoms. The van der Waals surface area contributed by atoms with E-state index in [4.69, 9.17) is 0 Å². The highest BCUT2D eigenvalue weighted by Crippen LogP contribution is 2.52. The molecular weight excluding hydrogens is 693 g/mol. The van der Waals surface area contributed by atoms with Crippen LogP contribution in [-0.2, 0) is 5.41 Å². The van der Waals surface area contributed by atoms with Gasteiger partial charge in [0, 0.05) is 25.6 Å². The van der Waals surface area contributed by atoms with E-state index in [1.165, 1.54) is 119 Å². The Balaban J connectivity index is 0.973. The average molecular weight is 729 g/mol. The lowest BCUT2D eigenvalue weighted by molar-refractivity contribution is 0.661. The average Bonchev–Trinajstić information content (AvgIpc) is 3.71. The molecule has 1 aromatic heterocycles. The monoisotopic (exact) mass is 728 g/mol. The first-order valence-corrected chi connectivity index (χ1v) is 20.4. The molecule has 0 saturated carbocycles. The number of hydrogen-bond donors (Lipinski definition) is 0. The Morgan fingerprint density at radius 3 is 1.61 bits per heavy atom. The third-order valence-electron chi connectivity index (χ3n) is 12.6. The molecule has 0 nitrogen and oxygen atoms in total. The lowest BCUT2D eigenvalue weighted by Gasteiger charge is -2.22. The Hall–Kier alpha value is -6.54. The van der Waals surface area contributed by atoms with Crippen LogP contribution in [0, 0.1) is 0 Å². The zero-order chi connectivity index (χ0) is 37.1. The summed E-state index contributed by atoms with van der Waals surface area (Å²) in [5.74, 6) is 0. The first-order chi connectivity index (χ1) is 27.5. The smallest absolute Gasteiger partial charge is 0.0361 e. The van der Waals surface area contributed by atoms with Crippen molar-refractivity contribution >= 4 is 74.6 Å². The Kier molecular flexibility index (Phi) is 6.66. The first kappa shape index (κ1) is 31.8. The van der Waals surface area contributed by atoms with Crippen molar-refractivity contribution < 1.29 is 0 Å². The highest BCUT2D eigenvalue weighted by Gasteiger charge is 2.36. The molecule has 1 aliphatic rings. The molecule has 0 unspecified atom stereocenters. The Morgan fingerprint density at radius 1 is 0.321 bits per heavy atom. The normalized spacial score (nSPS) is 13.3. The topological polar surface area (TPSA) is 0 Å². The minimum absolute atomic E-state index is 0.0754. The van der Waals surface area contributed by atoms with E-state index in [-0.39, 0.29) is 5.41 Å². The largest absolute Gasteiger partial charge is 0.135 e. The molecular formula is C55H36S. The Morgan fingerprint density at radius 2 is 0.875 bits per heavy atom. The van der Waals surface area contributed by atoms with Crippen LogP contribution in [-0.4, -0.2) is 0 Å². The van der Waals surface area contributed by atoms with Gasteiger partial charge in [0.25, 0.3) is 0 Å². The molecule has 0 atom stereocenters. The molecule has 0 saturated heterocycles. The maximum atomic E-state index is 2.46. The molecule has 56 heavy (non-hydrogen) atoms. The lowest BCUT2D eigenvalue weighted by Crippen LogP contribution is -2.14. The van der Waals surface area contributed by atoms with Crippen molar-refractivity contribution in [2.45, 2.75) is 19.3 Å². The van der Waals surface area contributed by atoms with Crippen molar-refractivity contribution in [2.24, 2.45) is 0 Å². The van der Waals surface area contributed by atoms with Crippen molar-refractivity contribution in [1.29, 1.82) is 0 Å². The standard InChI is InChI=1S/C55H36S/c1-55(2)49-26-25-37(28-46(49)47-29-40-32-52-48(30-39(40)31-50(47)55)41-13-9-10-18-51(41)56-52)34-19-22-35(23-20-34)53-42-14-5-7-16-44(42)54(45-17-8-6-15-43(45)53)38-24-21-33-11-3-4-12-36(33)27-38/h3-32H,1-2H3. The lowest BCUT2D eigenvalue weighted by atomic mass is 9.81. The summed E-state index contributed by atoms with van der Waals surface area (Å²) in [7, 11) is 0. The van der Waals surface area contributed by atoms with Crippen molar-refractivity contribution in [3.05, 3.63) is 193 Å². The summed E-state index contributed by atoms with van der Waals surface area (Å²) < 4.78 is 2.71. The molecule has 1 aliphatic carbocycles. The molecule has 0 bridgehead atoms. The number of fused-ring (bicyclic) bond motifs is 10. The van der Waals surface area contributed by atoms with Crippen LogP contribution in [0.15, 0.2) is 182 Å². The molecule has 0 spiro atoms. The Labute approximate surface area is 329 Å². The molecule has 11 aromatic rings. The fourth-order valence-electron chi connectivity index (χ4n) is 9.82. The van der Waals surface area contributed by atoms with Crippen LogP contribution in [0.1, 0.15) is 25.0 Å². The van der Waals surface area contributed by atoms with Gasteiger partial charge in [0.15, 0.2) is 0 Å². The maximum Gasteiger partial charge on any atom is 0.0361 e. The molecule has 0 amide bonds. The second-order valence-corrected chi connectivity index (χ2v) is 17.1. The third-order valence-corrected chi connectivity index (χ3v) is 13.7. The summed E-state index contributed by atoms with van der Waals surface area (Å²) in [6.07, 6.45) is 0. The van der Waals surface area contributed by atoms with E-state index in [2.05, 4.69) is 196 Å². The van der Waals surface area contributed by atoms with Crippen LogP contribution in [0.3, 0.4) is 0 Å². The van der Waals surface area contributed by atoms with E-state index in [0.717, 1.165) is 0 Å². The van der Waals surface area contributed by atoms with Crippen LogP contribution >= 0.6 is 11.3 Å². The van der Waals surface area contributed by atoms with Crippen molar-refractivity contribution in [2.75, 3.05) is 0 Å². The molecule has 0 radical (unpaired) electrons. The quantitative estimate of drug-likeness (QED) is 0.159. The SMILES string of the molecule is CC1(C)c2ccc(-c3ccc(-c4c5ccccc5c(-c5ccc6ccccc6c5)c5ccccc45)cc3)cc2-c2cc3cc4sc5ccccc5c4cc3cc21. The van der Waals surface area contributed by atoms with E-state index in [1.807, 2.05) is 11.3 Å². The summed E-state index contributed by atoms with van der Waals surface area (Å²) in [6, 6.07) is 68.4. The molecule has 262 valence electrons. The van der Waals surface area contributed by atoms with Gasteiger partial charge in [-0.2, -0.15) is 0 Å². The number of hydrogen-bond acceptors (Lipinski definition) is 1. The number of benzene rings is 10. The fourth-order valence-corrected chi connectivity index (χ4v) is 11.0. The van der Waals surface area contributed by atoms with Crippen molar-refractivity contribution in [3.8, 4) is 44.5 Å². The van der Waals surface area contributed by atoms with Gasteiger partial charge in [0.05, 0.1) is 0 Å². The van der Waals surface area contributed by atoms with Crippen molar-refractivity contribution in [3.63, 3.8) is 0 Å². The first-order valence-electron chi connectivity index (χ1n) is 19.6. The molecule has 1 heterocycles. The highest BCUT2D eigenvalue weighted by molar-refractivity contribution is 7.25. The van der Waals surface area contributed by atoms with Crippen LogP contribution in [0.25, 0.3) is 108 Å². The molecule has 12 rings (SSSR count). The van der Waals surface area contributed by atoms with E-state index >= 15 is 0 Å². The van der Waals surface area contributed by atoms with Crippen LogP contribution in [0.2, 0.25) is 0 Å². The van der Waals surface area contributed by atoms with E-state index in [0.29, 0.717) is 0 Å². The van der Waals surface area contributed by atoms with E-state index < -0.39 is 0 Å². The van der Waals surface area contributed by atoms with Gasteiger partial charge in [0.2, 0.25) is 0 Å². The molecule has 0 aliphatic heterocycles. The summed E-state index contributed by atoms with van der Waals surface area (Å²) in [4.78, 5) is 0. The molecule has 10 aromatic carbocycles. The maximum absolute atomic E-state index is 2.46. The predicted octanol–water partition coefficient (Wildman–Crippen LogP) is 16.0. The minimum Gasteiger partial charge on any atom is -0.135 e. The van der Waals surface area contributed by atoms with E-state index in [9.17, 15) is 0 Å². The van der Waals surface area contributed by atoms with Gasteiger partial charge in [0.1, 0.15) is 0 Å². The zero-order valence-electron chi connectivity index (χ0n) is 31.2. The second-order valence-electron chi connectivity index (χ2n) is 16.1. The predicted molar refractivity (Wildman–Crippen MR) is 243 cm³/mol. The minimum atomic E-state index is -0.0754. The van der Waals surface area contributed by atoms with Crippen LogP contribution in [0.4, 0.5) is 0 Å². The molecule has 0 N–H and O–H groups in total. The van der Waals surface area contributed by atoms with Gasteiger partial charge in [-0.25, -0.2) is 0 Å². The Bertz CT molecular complexity index is 3370. The van der Waals surface area contributed by atoms with Gasteiger partial charge in [-0.05, 0) is 141 Å². The zero-order valence-corrected chi connectivity index (χ0v) is 32.0. The summed E-state index contributed by atoms with van der Waals surface area (Å²) in [5, 5.41) is 13.0. The number of thiophene rings is 1. The number of rotatable bonds is 3. The van der Waals surface area contributed by atoms with Gasteiger partial charge < -0.3 is 0 Å². The van der Waals surface area contributed by atoms with Gasteiger partial charge in [-0.15, -0.1) is 11.3 Å². The highest BCUT2D eigenvalue weighted by atomic mass is 32.1. The van der Waals surface area contributed by atoms with Gasteiger partial charge >= 0.3 is 0 Å². The van der Waals surface area contributed by atoms with Crippen LogP contribution < -0.4 is 0 Å². The third kappa shape index (κ3) is 4.59. The second kappa shape index (κ2) is 11.7. The van der Waals surface area contributed by atoms with Crippen molar-refractivity contribution in [1.82, 2.24) is 0 Å².